The van der Waals surface area contributed by atoms with Crippen LogP contribution in [0.3, 0.4) is 0 Å². The number of benzene rings is 3. The van der Waals surface area contributed by atoms with Crippen LogP contribution in [0, 0.1) is 0 Å². The highest BCUT2D eigenvalue weighted by atomic mass is 35.5. The van der Waals surface area contributed by atoms with Gasteiger partial charge >= 0.3 is 0 Å². The molecule has 4 aromatic rings. The lowest BCUT2D eigenvalue weighted by Gasteiger charge is -2.21. The second-order valence-electron chi connectivity index (χ2n) is 9.14. The second kappa shape index (κ2) is 9.05. The van der Waals surface area contributed by atoms with Crippen molar-refractivity contribution in [2.75, 3.05) is 0 Å². The normalized spacial score (nSPS) is 11.8. The van der Waals surface area contributed by atoms with E-state index in [1.54, 1.807) is 0 Å². The van der Waals surface area contributed by atoms with E-state index in [1.165, 1.54) is 0 Å². The standard InChI is InChI=1S/C27H28ClO3Si/c1-27(2,3)25-24-22(30-26(25)19-11-13-20(28)14-12-19)15-21(16-23(24)31-32(4)5)29-17-18-9-7-6-8-10-18/h6-16H,17H2,1-5H3. The van der Waals surface area contributed by atoms with Crippen LogP contribution in [0.25, 0.3) is 22.3 Å². The molecule has 0 atom stereocenters. The average Bonchev–Trinajstić information content (AvgIpc) is 3.13. The van der Waals surface area contributed by atoms with Crippen LogP contribution in [-0.4, -0.2) is 9.04 Å². The van der Waals surface area contributed by atoms with Crippen molar-refractivity contribution in [3.8, 4) is 22.8 Å². The molecule has 0 aliphatic heterocycles. The monoisotopic (exact) mass is 463 g/mol. The zero-order valence-electron chi connectivity index (χ0n) is 19.2. The molecule has 0 unspecified atom stereocenters. The molecule has 1 aromatic heterocycles. The molecular formula is C27H28ClO3Si. The highest BCUT2D eigenvalue weighted by Gasteiger charge is 2.29. The molecule has 32 heavy (non-hydrogen) atoms. The van der Waals surface area contributed by atoms with E-state index in [4.69, 9.17) is 25.2 Å². The molecular weight excluding hydrogens is 436 g/mol. The highest BCUT2D eigenvalue weighted by Crippen LogP contribution is 2.46. The Morgan fingerprint density at radius 1 is 0.938 bits per heavy atom. The van der Waals surface area contributed by atoms with Crippen molar-refractivity contribution in [2.24, 2.45) is 0 Å². The van der Waals surface area contributed by atoms with Gasteiger partial charge in [0.1, 0.15) is 29.4 Å². The Bertz CT molecular complexity index is 1210. The summed E-state index contributed by atoms with van der Waals surface area (Å²) in [4.78, 5) is 0. The molecule has 1 radical (unpaired) electrons. The maximum Gasteiger partial charge on any atom is 0.274 e. The molecule has 0 saturated heterocycles. The SMILES string of the molecule is C[Si](C)Oc1cc(OCc2ccccc2)cc2oc(-c3ccc(Cl)cc3)c(C(C)(C)C)c12. The smallest absolute Gasteiger partial charge is 0.274 e. The van der Waals surface area contributed by atoms with Gasteiger partial charge in [0.25, 0.3) is 9.04 Å². The molecule has 0 saturated carbocycles. The number of fused-ring (bicyclic) bond motifs is 1. The molecule has 0 aliphatic carbocycles. The predicted molar refractivity (Wildman–Crippen MR) is 134 cm³/mol. The van der Waals surface area contributed by atoms with Gasteiger partial charge in [0.05, 0.1) is 5.39 Å². The zero-order chi connectivity index (χ0) is 22.9. The van der Waals surface area contributed by atoms with Crippen molar-refractivity contribution in [1.82, 2.24) is 0 Å². The van der Waals surface area contributed by atoms with Crippen LogP contribution in [0.2, 0.25) is 18.1 Å². The summed E-state index contributed by atoms with van der Waals surface area (Å²) in [7, 11) is -0.997. The molecule has 1 heterocycles. The summed E-state index contributed by atoms with van der Waals surface area (Å²) >= 11 is 6.13. The van der Waals surface area contributed by atoms with Crippen molar-refractivity contribution < 1.29 is 13.6 Å². The van der Waals surface area contributed by atoms with E-state index in [2.05, 4.69) is 46.0 Å². The molecule has 0 amide bonds. The van der Waals surface area contributed by atoms with Crippen LogP contribution in [-0.2, 0) is 12.0 Å². The third kappa shape index (κ3) is 4.87. The van der Waals surface area contributed by atoms with Gasteiger partial charge in [-0.15, -0.1) is 0 Å². The van der Waals surface area contributed by atoms with Crippen molar-refractivity contribution in [3.05, 3.63) is 82.9 Å². The van der Waals surface area contributed by atoms with Gasteiger partial charge < -0.3 is 13.6 Å². The van der Waals surface area contributed by atoms with Gasteiger partial charge in [-0.05, 0) is 48.3 Å². The second-order valence-corrected chi connectivity index (χ2v) is 11.6. The first-order valence-corrected chi connectivity index (χ1v) is 13.5. The molecule has 0 fully saturated rings. The molecule has 0 bridgehead atoms. The Labute approximate surface area is 196 Å². The van der Waals surface area contributed by atoms with Gasteiger partial charge in [0, 0.05) is 28.3 Å². The number of hydrogen-bond acceptors (Lipinski definition) is 3. The number of furan rings is 1. The summed E-state index contributed by atoms with van der Waals surface area (Å²) in [6.45, 7) is 11.3. The van der Waals surface area contributed by atoms with Crippen molar-refractivity contribution in [3.63, 3.8) is 0 Å². The van der Waals surface area contributed by atoms with Crippen molar-refractivity contribution in [1.29, 1.82) is 0 Å². The third-order valence-electron chi connectivity index (χ3n) is 5.15. The van der Waals surface area contributed by atoms with Crippen LogP contribution >= 0.6 is 11.6 Å². The van der Waals surface area contributed by atoms with Gasteiger partial charge in [-0.2, -0.15) is 0 Å². The van der Waals surface area contributed by atoms with Crippen LogP contribution in [0.15, 0.2) is 71.1 Å². The quantitative estimate of drug-likeness (QED) is 0.269. The summed E-state index contributed by atoms with van der Waals surface area (Å²) in [6.07, 6.45) is 0. The Kier molecular flexibility index (Phi) is 6.36. The summed E-state index contributed by atoms with van der Waals surface area (Å²) < 4.78 is 19.0. The Morgan fingerprint density at radius 2 is 1.62 bits per heavy atom. The minimum atomic E-state index is -0.997. The highest BCUT2D eigenvalue weighted by molar-refractivity contribution is 6.49. The molecule has 0 N–H and O–H groups in total. The van der Waals surface area contributed by atoms with Gasteiger partial charge in [-0.3, -0.25) is 0 Å². The van der Waals surface area contributed by atoms with Gasteiger partial charge in [0.2, 0.25) is 0 Å². The Morgan fingerprint density at radius 3 is 2.25 bits per heavy atom. The summed E-state index contributed by atoms with van der Waals surface area (Å²) in [5.41, 5.74) is 3.85. The molecule has 5 heteroatoms. The number of halogens is 1. The van der Waals surface area contributed by atoms with Crippen molar-refractivity contribution in [2.45, 2.75) is 45.9 Å². The van der Waals surface area contributed by atoms with E-state index in [0.717, 1.165) is 44.9 Å². The average molecular weight is 464 g/mol. The molecule has 165 valence electrons. The fourth-order valence-corrected chi connectivity index (χ4v) is 4.54. The van der Waals surface area contributed by atoms with E-state index in [-0.39, 0.29) is 5.41 Å². The van der Waals surface area contributed by atoms with E-state index in [9.17, 15) is 0 Å². The lowest BCUT2D eigenvalue weighted by molar-refractivity contribution is 0.305. The Balaban J connectivity index is 1.87. The third-order valence-corrected chi connectivity index (χ3v) is 6.03. The fraction of sp³-hybridized carbons (Fsp3) is 0.259. The lowest BCUT2D eigenvalue weighted by Crippen LogP contribution is -2.15. The van der Waals surface area contributed by atoms with E-state index in [0.29, 0.717) is 11.6 Å². The van der Waals surface area contributed by atoms with Crippen molar-refractivity contribution >= 4 is 31.6 Å². The first-order chi connectivity index (χ1) is 15.2. The first kappa shape index (κ1) is 22.5. The number of hydrogen-bond donors (Lipinski definition) is 0. The first-order valence-electron chi connectivity index (χ1n) is 10.7. The van der Waals surface area contributed by atoms with Crippen LogP contribution in [0.4, 0.5) is 0 Å². The van der Waals surface area contributed by atoms with E-state index in [1.807, 2.05) is 54.6 Å². The Hall–Kier alpha value is -2.69. The van der Waals surface area contributed by atoms with E-state index < -0.39 is 9.04 Å². The fourth-order valence-electron chi connectivity index (χ4n) is 3.81. The molecule has 3 nitrogen and oxygen atoms in total. The maximum absolute atomic E-state index is 6.47. The van der Waals surface area contributed by atoms with Gasteiger partial charge in [-0.1, -0.05) is 62.7 Å². The molecule has 3 aromatic carbocycles. The predicted octanol–water partition coefficient (Wildman–Crippen LogP) is 8.26. The van der Waals surface area contributed by atoms with Crippen LogP contribution in [0.1, 0.15) is 31.9 Å². The largest absolute Gasteiger partial charge is 0.542 e. The summed E-state index contributed by atoms with van der Waals surface area (Å²) in [5, 5.41) is 1.72. The molecule has 0 spiro atoms. The lowest BCUT2D eigenvalue weighted by atomic mass is 9.83. The number of ether oxygens (including phenoxy) is 1. The number of rotatable bonds is 6. The minimum absolute atomic E-state index is 0.154. The maximum atomic E-state index is 6.47. The zero-order valence-corrected chi connectivity index (χ0v) is 20.9. The van der Waals surface area contributed by atoms with Gasteiger partial charge in [-0.25, -0.2) is 0 Å². The minimum Gasteiger partial charge on any atom is -0.542 e. The molecule has 4 rings (SSSR count). The topological polar surface area (TPSA) is 31.6 Å². The van der Waals surface area contributed by atoms with Crippen LogP contribution < -0.4 is 9.16 Å². The van der Waals surface area contributed by atoms with E-state index >= 15 is 0 Å². The molecule has 0 aliphatic rings. The van der Waals surface area contributed by atoms with Crippen LogP contribution in [0.5, 0.6) is 11.5 Å². The summed E-state index contributed by atoms with van der Waals surface area (Å²) in [5.74, 6) is 2.39. The van der Waals surface area contributed by atoms with Gasteiger partial charge in [0.15, 0.2) is 0 Å². The summed E-state index contributed by atoms with van der Waals surface area (Å²) in [6, 6.07) is 21.9.